The lowest BCUT2D eigenvalue weighted by atomic mass is 9.94. The topological polar surface area (TPSA) is 129 Å². The van der Waals surface area contributed by atoms with Crippen LogP contribution in [0, 0.1) is 22.7 Å². The van der Waals surface area contributed by atoms with Crippen LogP contribution in [0.1, 0.15) is 30.4 Å². The molecule has 0 saturated carbocycles. The van der Waals surface area contributed by atoms with Crippen LogP contribution >= 0.6 is 0 Å². The van der Waals surface area contributed by atoms with Gasteiger partial charge in [0.05, 0.1) is 0 Å². The molecule has 1 aliphatic heterocycles. The molecule has 138 valence electrons. The number of rotatable bonds is 3. The van der Waals surface area contributed by atoms with Crippen molar-refractivity contribution in [3.05, 3.63) is 41.8 Å². The third-order valence-corrected chi connectivity index (χ3v) is 4.84. The van der Waals surface area contributed by atoms with Gasteiger partial charge in [0, 0.05) is 24.2 Å². The first-order valence-electron chi connectivity index (χ1n) is 8.98. The highest BCUT2D eigenvalue weighted by Crippen LogP contribution is 2.37. The van der Waals surface area contributed by atoms with Crippen LogP contribution in [0.15, 0.2) is 35.1 Å². The minimum atomic E-state index is 0.125. The van der Waals surface area contributed by atoms with Gasteiger partial charge in [-0.3, -0.25) is 0 Å². The molecule has 1 aliphatic rings. The van der Waals surface area contributed by atoms with Crippen molar-refractivity contribution in [2.45, 2.75) is 19.3 Å². The summed E-state index contributed by atoms with van der Waals surface area (Å²) in [5, 5.41) is 27.3. The highest BCUT2D eigenvalue weighted by atomic mass is 16.4. The Morgan fingerprint density at radius 1 is 1.04 bits per heavy atom. The number of hydrogen-bond acceptors (Lipinski definition) is 8. The number of anilines is 2. The van der Waals surface area contributed by atoms with Gasteiger partial charge in [-0.1, -0.05) is 12.1 Å². The van der Waals surface area contributed by atoms with E-state index in [9.17, 15) is 10.5 Å². The van der Waals surface area contributed by atoms with Crippen LogP contribution in [0.4, 0.5) is 11.6 Å². The van der Waals surface area contributed by atoms with E-state index in [1.807, 2.05) is 24.3 Å². The van der Waals surface area contributed by atoms with Gasteiger partial charge >= 0.3 is 0 Å². The zero-order chi connectivity index (χ0) is 19.5. The zero-order valence-electron chi connectivity index (χ0n) is 15.1. The van der Waals surface area contributed by atoms with E-state index in [-0.39, 0.29) is 11.4 Å². The van der Waals surface area contributed by atoms with Crippen LogP contribution in [0.5, 0.6) is 0 Å². The van der Waals surface area contributed by atoms with Crippen molar-refractivity contribution in [1.82, 2.24) is 15.2 Å². The number of nitrogens with two attached hydrogens (primary N) is 1. The van der Waals surface area contributed by atoms with E-state index in [4.69, 9.17) is 10.2 Å². The summed E-state index contributed by atoms with van der Waals surface area (Å²) >= 11 is 0. The highest BCUT2D eigenvalue weighted by Gasteiger charge is 2.24. The third kappa shape index (κ3) is 3.01. The largest absolute Gasteiger partial charge is 0.423 e. The summed E-state index contributed by atoms with van der Waals surface area (Å²) in [6.45, 7) is 1.63. The first-order valence-corrected chi connectivity index (χ1v) is 8.98. The molecule has 0 unspecified atom stereocenters. The minimum absolute atomic E-state index is 0.125. The van der Waals surface area contributed by atoms with Crippen molar-refractivity contribution in [2.75, 3.05) is 23.7 Å². The summed E-state index contributed by atoms with van der Waals surface area (Å²) in [6.07, 6.45) is 4.48. The van der Waals surface area contributed by atoms with Gasteiger partial charge in [0.2, 0.25) is 12.3 Å². The van der Waals surface area contributed by atoms with E-state index in [1.165, 1.54) is 6.39 Å². The Labute approximate surface area is 161 Å². The predicted octanol–water partition coefficient (Wildman–Crippen LogP) is 3.11. The van der Waals surface area contributed by atoms with E-state index >= 15 is 0 Å². The number of nitrogens with zero attached hydrogens (tertiary/aromatic N) is 6. The molecule has 1 aromatic carbocycles. The van der Waals surface area contributed by atoms with Crippen LogP contribution in [-0.4, -0.2) is 28.3 Å². The maximum atomic E-state index is 9.95. The molecule has 2 N–H and O–H groups in total. The monoisotopic (exact) mass is 371 g/mol. The standard InChI is InChI=1S/C20H17N7O/c21-10-15-17(13-5-4-6-14(9-13)20-26-24-12-28-20)16(11-22)19(25-18(15)23)27-7-2-1-3-8-27/h4-6,9,12H,1-3,7-8H2,(H2,23,25). The first-order chi connectivity index (χ1) is 13.7. The van der Waals surface area contributed by atoms with E-state index in [0.717, 1.165) is 32.4 Å². The zero-order valence-corrected chi connectivity index (χ0v) is 15.1. The van der Waals surface area contributed by atoms with Crippen molar-refractivity contribution < 1.29 is 4.42 Å². The highest BCUT2D eigenvalue weighted by molar-refractivity contribution is 5.86. The summed E-state index contributed by atoms with van der Waals surface area (Å²) in [5.41, 5.74) is 8.53. The van der Waals surface area contributed by atoms with Crippen LogP contribution in [-0.2, 0) is 0 Å². The Morgan fingerprint density at radius 3 is 2.46 bits per heavy atom. The lowest BCUT2D eigenvalue weighted by Crippen LogP contribution is -2.31. The maximum absolute atomic E-state index is 9.95. The molecule has 8 heteroatoms. The molecule has 8 nitrogen and oxygen atoms in total. The Kier molecular flexibility index (Phi) is 4.61. The molecule has 0 radical (unpaired) electrons. The fourth-order valence-corrected chi connectivity index (χ4v) is 3.54. The van der Waals surface area contributed by atoms with E-state index in [2.05, 4.69) is 32.2 Å². The fourth-order valence-electron chi connectivity index (χ4n) is 3.54. The average molecular weight is 371 g/mol. The van der Waals surface area contributed by atoms with Gasteiger partial charge in [0.1, 0.15) is 34.9 Å². The van der Waals surface area contributed by atoms with Crippen LogP contribution in [0.25, 0.3) is 22.6 Å². The minimum Gasteiger partial charge on any atom is -0.423 e. The van der Waals surface area contributed by atoms with E-state index in [1.54, 1.807) is 0 Å². The number of piperidine rings is 1. The van der Waals surface area contributed by atoms with Crippen LogP contribution in [0.2, 0.25) is 0 Å². The van der Waals surface area contributed by atoms with Gasteiger partial charge in [-0.2, -0.15) is 10.5 Å². The van der Waals surface area contributed by atoms with Crippen molar-refractivity contribution in [3.8, 4) is 34.7 Å². The molecule has 0 bridgehead atoms. The van der Waals surface area contributed by atoms with Gasteiger partial charge < -0.3 is 15.1 Å². The number of nitrogen functional groups attached to an aromatic ring is 1. The third-order valence-electron chi connectivity index (χ3n) is 4.84. The number of benzene rings is 1. The normalized spacial score (nSPS) is 13.7. The quantitative estimate of drug-likeness (QED) is 0.743. The van der Waals surface area contributed by atoms with Gasteiger partial charge in [-0.05, 0) is 37.0 Å². The smallest absolute Gasteiger partial charge is 0.247 e. The number of pyridine rings is 1. The summed E-state index contributed by atoms with van der Waals surface area (Å²) in [4.78, 5) is 6.49. The Hall–Kier alpha value is -3.91. The molecule has 4 rings (SSSR count). The molecule has 1 saturated heterocycles. The van der Waals surface area contributed by atoms with Gasteiger partial charge in [0.25, 0.3) is 0 Å². The molecule has 3 heterocycles. The second-order valence-corrected chi connectivity index (χ2v) is 6.54. The second-order valence-electron chi connectivity index (χ2n) is 6.54. The molecule has 0 atom stereocenters. The second kappa shape index (κ2) is 7.37. The Bertz CT molecular complexity index is 1090. The van der Waals surface area contributed by atoms with Gasteiger partial charge in [-0.25, -0.2) is 4.98 Å². The Morgan fingerprint density at radius 2 is 1.79 bits per heavy atom. The van der Waals surface area contributed by atoms with Crippen LogP contribution < -0.4 is 10.6 Å². The number of nitriles is 2. The lowest BCUT2D eigenvalue weighted by molar-refractivity contribution is 0.568. The molecule has 0 amide bonds. The molecular weight excluding hydrogens is 354 g/mol. The lowest BCUT2D eigenvalue weighted by Gasteiger charge is -2.29. The molecule has 2 aromatic heterocycles. The van der Waals surface area contributed by atoms with Gasteiger partial charge in [0.15, 0.2) is 0 Å². The van der Waals surface area contributed by atoms with Crippen molar-refractivity contribution >= 4 is 11.6 Å². The van der Waals surface area contributed by atoms with Crippen molar-refractivity contribution in [1.29, 1.82) is 10.5 Å². The summed E-state index contributed by atoms with van der Waals surface area (Å²) in [7, 11) is 0. The van der Waals surface area contributed by atoms with E-state index in [0.29, 0.717) is 34.0 Å². The summed E-state index contributed by atoms with van der Waals surface area (Å²) in [5.74, 6) is 1.02. The molecule has 3 aromatic rings. The number of hydrogen-bond donors (Lipinski definition) is 1. The van der Waals surface area contributed by atoms with Crippen molar-refractivity contribution in [3.63, 3.8) is 0 Å². The molecule has 0 spiro atoms. The summed E-state index contributed by atoms with van der Waals surface area (Å²) in [6, 6.07) is 11.6. The molecule has 28 heavy (non-hydrogen) atoms. The van der Waals surface area contributed by atoms with E-state index < -0.39 is 0 Å². The Balaban J connectivity index is 1.93. The maximum Gasteiger partial charge on any atom is 0.247 e. The SMILES string of the molecule is N#Cc1c(N)nc(N2CCCCC2)c(C#N)c1-c1cccc(-c2nnco2)c1. The molecule has 1 fully saturated rings. The molecule has 0 aliphatic carbocycles. The fraction of sp³-hybridized carbons (Fsp3) is 0.250. The summed E-state index contributed by atoms with van der Waals surface area (Å²) < 4.78 is 5.27. The predicted molar refractivity (Wildman–Crippen MR) is 103 cm³/mol. The number of aromatic nitrogens is 3. The average Bonchev–Trinajstić information content (AvgIpc) is 3.28. The first kappa shape index (κ1) is 17.5. The van der Waals surface area contributed by atoms with Gasteiger partial charge in [-0.15, -0.1) is 10.2 Å². The van der Waals surface area contributed by atoms with Crippen molar-refractivity contribution in [2.24, 2.45) is 0 Å². The van der Waals surface area contributed by atoms with Crippen LogP contribution in [0.3, 0.4) is 0 Å². The molecular formula is C20H17N7O.